The first-order valence-corrected chi connectivity index (χ1v) is 10.0. The van der Waals surface area contributed by atoms with Crippen LogP contribution in [0.4, 0.5) is 5.95 Å². The van der Waals surface area contributed by atoms with Gasteiger partial charge >= 0.3 is 0 Å². The summed E-state index contributed by atoms with van der Waals surface area (Å²) >= 11 is 0. The van der Waals surface area contributed by atoms with Crippen LogP contribution in [0.5, 0.6) is 0 Å². The van der Waals surface area contributed by atoms with E-state index in [9.17, 15) is 4.79 Å². The molecule has 6 heteroatoms. The third-order valence-corrected chi connectivity index (χ3v) is 6.56. The predicted octanol–water partition coefficient (Wildman–Crippen LogP) is 3.38. The van der Waals surface area contributed by atoms with Gasteiger partial charge in [-0.05, 0) is 49.1 Å². The molecule has 2 aromatic rings. The van der Waals surface area contributed by atoms with Crippen LogP contribution in [-0.4, -0.2) is 38.8 Å². The molecule has 27 heavy (non-hydrogen) atoms. The summed E-state index contributed by atoms with van der Waals surface area (Å²) in [6, 6.07) is 4.27. The molecule has 2 aromatic heterocycles. The number of likely N-dealkylation sites (tertiary alicyclic amines) is 1. The molecule has 0 radical (unpaired) electrons. The molecule has 0 bridgehead atoms. The second kappa shape index (κ2) is 6.59. The SMILES string of the molecule is O=C(c1cnc(NC2CCc3ncccc32)nc1)N1CCC2(CCCC2)C1. The summed E-state index contributed by atoms with van der Waals surface area (Å²) < 4.78 is 0. The highest BCUT2D eigenvalue weighted by molar-refractivity contribution is 5.94. The second-order valence-corrected chi connectivity index (χ2v) is 8.25. The van der Waals surface area contributed by atoms with Gasteiger partial charge in [0.1, 0.15) is 0 Å². The molecule has 6 nitrogen and oxygen atoms in total. The van der Waals surface area contributed by atoms with E-state index in [1.807, 2.05) is 17.2 Å². The van der Waals surface area contributed by atoms with Crippen molar-refractivity contribution in [1.82, 2.24) is 19.9 Å². The summed E-state index contributed by atoms with van der Waals surface area (Å²) in [5.74, 6) is 0.641. The van der Waals surface area contributed by atoms with Crippen molar-refractivity contribution in [1.29, 1.82) is 0 Å². The minimum absolute atomic E-state index is 0.0701. The summed E-state index contributed by atoms with van der Waals surface area (Å²) in [4.78, 5) is 28.1. The molecule has 2 aliphatic carbocycles. The van der Waals surface area contributed by atoms with Gasteiger partial charge < -0.3 is 10.2 Å². The van der Waals surface area contributed by atoms with Gasteiger partial charge in [-0.3, -0.25) is 9.78 Å². The zero-order chi connectivity index (χ0) is 18.3. The van der Waals surface area contributed by atoms with Gasteiger partial charge in [0.15, 0.2) is 0 Å². The molecule has 0 aromatic carbocycles. The van der Waals surface area contributed by atoms with Crippen LogP contribution >= 0.6 is 0 Å². The predicted molar refractivity (Wildman–Crippen MR) is 102 cm³/mol. The zero-order valence-corrected chi connectivity index (χ0v) is 15.5. The van der Waals surface area contributed by atoms with E-state index >= 15 is 0 Å². The maximum absolute atomic E-state index is 12.8. The zero-order valence-electron chi connectivity index (χ0n) is 15.5. The van der Waals surface area contributed by atoms with Crippen LogP contribution in [0.15, 0.2) is 30.7 Å². The fourth-order valence-electron chi connectivity index (χ4n) is 5.06. The lowest BCUT2D eigenvalue weighted by molar-refractivity contribution is 0.0772. The summed E-state index contributed by atoms with van der Waals surface area (Å²) in [5, 5.41) is 3.39. The molecule has 3 heterocycles. The number of aromatic nitrogens is 3. The molecule has 1 N–H and O–H groups in total. The highest BCUT2D eigenvalue weighted by Gasteiger charge is 2.41. The topological polar surface area (TPSA) is 71.0 Å². The number of hydrogen-bond donors (Lipinski definition) is 1. The average Bonchev–Trinajstić information content (AvgIpc) is 3.44. The van der Waals surface area contributed by atoms with E-state index in [-0.39, 0.29) is 11.9 Å². The maximum Gasteiger partial charge on any atom is 0.257 e. The number of aryl methyl sites for hydroxylation is 1. The number of amides is 1. The van der Waals surface area contributed by atoms with Gasteiger partial charge in [-0.1, -0.05) is 18.9 Å². The number of anilines is 1. The lowest BCUT2D eigenvalue weighted by atomic mass is 9.86. The fraction of sp³-hybridized carbons (Fsp3) is 0.524. The number of fused-ring (bicyclic) bond motifs is 1. The Morgan fingerprint density at radius 1 is 1.15 bits per heavy atom. The minimum atomic E-state index is 0.0701. The van der Waals surface area contributed by atoms with E-state index in [0.717, 1.165) is 38.0 Å². The lowest BCUT2D eigenvalue weighted by Gasteiger charge is -2.23. The van der Waals surface area contributed by atoms with Crippen LogP contribution in [0.2, 0.25) is 0 Å². The van der Waals surface area contributed by atoms with Crippen molar-refractivity contribution >= 4 is 11.9 Å². The van der Waals surface area contributed by atoms with Crippen LogP contribution in [0.3, 0.4) is 0 Å². The lowest BCUT2D eigenvalue weighted by Crippen LogP contribution is -2.31. The Morgan fingerprint density at radius 2 is 1.96 bits per heavy atom. The van der Waals surface area contributed by atoms with Crippen LogP contribution in [0, 0.1) is 5.41 Å². The molecule has 1 unspecified atom stereocenters. The number of carbonyl (C=O) groups is 1. The molecule has 5 rings (SSSR count). The van der Waals surface area contributed by atoms with Crippen molar-refractivity contribution in [3.63, 3.8) is 0 Å². The third kappa shape index (κ3) is 3.07. The number of nitrogens with zero attached hydrogens (tertiary/aromatic N) is 4. The van der Waals surface area contributed by atoms with Crippen LogP contribution in [0.25, 0.3) is 0 Å². The number of pyridine rings is 1. The smallest absolute Gasteiger partial charge is 0.257 e. The van der Waals surface area contributed by atoms with Crippen molar-refractivity contribution in [2.75, 3.05) is 18.4 Å². The molecular weight excluding hydrogens is 338 g/mol. The monoisotopic (exact) mass is 363 g/mol. The molecule has 1 aliphatic heterocycles. The molecular formula is C21H25N5O. The van der Waals surface area contributed by atoms with Gasteiger partial charge in [0, 0.05) is 37.4 Å². The van der Waals surface area contributed by atoms with E-state index in [2.05, 4.69) is 26.3 Å². The van der Waals surface area contributed by atoms with E-state index in [1.54, 1.807) is 12.4 Å². The van der Waals surface area contributed by atoms with Crippen molar-refractivity contribution in [2.45, 2.75) is 51.0 Å². The summed E-state index contributed by atoms with van der Waals surface area (Å²) in [6.45, 7) is 1.77. The number of rotatable bonds is 3. The first kappa shape index (κ1) is 16.7. The molecule has 1 spiro atoms. The number of carbonyl (C=O) groups excluding carboxylic acids is 1. The minimum Gasteiger partial charge on any atom is -0.347 e. The maximum atomic E-state index is 12.8. The molecule has 3 aliphatic rings. The second-order valence-electron chi connectivity index (χ2n) is 8.25. The highest BCUT2D eigenvalue weighted by Crippen LogP contribution is 2.45. The Hall–Kier alpha value is -2.50. The van der Waals surface area contributed by atoms with Crippen molar-refractivity contribution in [3.8, 4) is 0 Å². The first-order chi connectivity index (χ1) is 13.2. The van der Waals surface area contributed by atoms with Gasteiger partial charge in [-0.2, -0.15) is 0 Å². The molecule has 1 saturated heterocycles. The molecule has 1 atom stereocenters. The van der Waals surface area contributed by atoms with Gasteiger partial charge in [0.05, 0.1) is 11.6 Å². The standard InChI is InChI=1S/C21H25N5O/c27-19(26-11-9-21(14-26)7-1-2-8-21)15-12-23-20(24-13-15)25-18-6-5-17-16(18)4-3-10-22-17/h3-4,10,12-13,18H,1-2,5-9,11,14H2,(H,23,24,25). The molecule has 1 amide bonds. The summed E-state index contributed by atoms with van der Waals surface area (Å²) in [7, 11) is 0. The highest BCUT2D eigenvalue weighted by atomic mass is 16.2. The molecule has 2 fully saturated rings. The van der Waals surface area contributed by atoms with Crippen molar-refractivity contribution < 1.29 is 4.79 Å². The van der Waals surface area contributed by atoms with Gasteiger partial charge in [-0.25, -0.2) is 9.97 Å². The Balaban J connectivity index is 1.25. The van der Waals surface area contributed by atoms with Gasteiger partial charge in [0.25, 0.3) is 5.91 Å². The Bertz CT molecular complexity index is 844. The first-order valence-electron chi connectivity index (χ1n) is 10.0. The third-order valence-electron chi connectivity index (χ3n) is 6.56. The van der Waals surface area contributed by atoms with E-state index in [1.165, 1.54) is 31.2 Å². The van der Waals surface area contributed by atoms with E-state index < -0.39 is 0 Å². The fourth-order valence-corrected chi connectivity index (χ4v) is 5.06. The Labute approximate surface area is 159 Å². The van der Waals surface area contributed by atoms with Crippen LogP contribution in [0.1, 0.15) is 66.2 Å². The van der Waals surface area contributed by atoms with Crippen LogP contribution < -0.4 is 5.32 Å². The Kier molecular flexibility index (Phi) is 4.06. The van der Waals surface area contributed by atoms with Crippen LogP contribution in [-0.2, 0) is 6.42 Å². The van der Waals surface area contributed by atoms with Gasteiger partial charge in [0.2, 0.25) is 5.95 Å². The molecule has 140 valence electrons. The number of hydrogen-bond acceptors (Lipinski definition) is 5. The van der Waals surface area contributed by atoms with Crippen molar-refractivity contribution in [2.24, 2.45) is 5.41 Å². The van der Waals surface area contributed by atoms with Crippen molar-refractivity contribution in [3.05, 3.63) is 47.5 Å². The van der Waals surface area contributed by atoms with E-state index in [0.29, 0.717) is 16.9 Å². The largest absolute Gasteiger partial charge is 0.347 e. The quantitative estimate of drug-likeness (QED) is 0.905. The summed E-state index contributed by atoms with van der Waals surface area (Å²) in [5.41, 5.74) is 3.35. The normalized spacial score (nSPS) is 23.0. The number of nitrogens with one attached hydrogen (secondary N) is 1. The average molecular weight is 363 g/mol. The summed E-state index contributed by atoms with van der Waals surface area (Å²) in [6.07, 6.45) is 13.4. The Morgan fingerprint density at radius 3 is 2.78 bits per heavy atom. The molecule has 1 saturated carbocycles. The van der Waals surface area contributed by atoms with E-state index in [4.69, 9.17) is 0 Å². The van der Waals surface area contributed by atoms with Gasteiger partial charge in [-0.15, -0.1) is 0 Å².